The van der Waals surface area contributed by atoms with Gasteiger partial charge in [0.1, 0.15) is 12.2 Å². The van der Waals surface area contributed by atoms with Gasteiger partial charge >= 0.3 is 5.97 Å². The van der Waals surface area contributed by atoms with E-state index in [1.165, 1.54) is 17.6 Å². The molecule has 3 aliphatic rings. The molecule has 1 heterocycles. The molecule has 7 atom stereocenters. The molecule has 0 spiro atoms. The van der Waals surface area contributed by atoms with E-state index in [1.54, 1.807) is 13.0 Å². The first-order chi connectivity index (χ1) is 20.0. The SMILES string of the molecule is C=C(C)[C@@H]1CC=C(CC/C=C(\C)C(=O)O[C@H]2CO[C@H](OC[C@H](C)CCCC3=CC[C@H](C(=C)C)CC3)[C@@H](O)[C@@H]2O)C(=O)C1. The van der Waals surface area contributed by atoms with Gasteiger partial charge in [-0.15, -0.1) is 0 Å². The van der Waals surface area contributed by atoms with Gasteiger partial charge in [0, 0.05) is 12.0 Å². The summed E-state index contributed by atoms with van der Waals surface area (Å²) < 4.78 is 16.9. The van der Waals surface area contributed by atoms with E-state index in [9.17, 15) is 19.8 Å². The first kappa shape index (κ1) is 34.2. The van der Waals surface area contributed by atoms with Crippen LogP contribution in [0.25, 0.3) is 0 Å². The number of hydrogen-bond donors (Lipinski definition) is 2. The second-order valence-corrected chi connectivity index (χ2v) is 12.7. The molecule has 1 aliphatic heterocycles. The quantitative estimate of drug-likeness (QED) is 0.140. The predicted molar refractivity (Wildman–Crippen MR) is 164 cm³/mol. The van der Waals surface area contributed by atoms with E-state index in [2.05, 4.69) is 33.1 Å². The molecule has 7 heteroatoms. The highest BCUT2D eigenvalue weighted by molar-refractivity contribution is 5.96. The summed E-state index contributed by atoms with van der Waals surface area (Å²) in [6, 6.07) is 0. The maximum absolute atomic E-state index is 12.6. The molecule has 3 rings (SSSR count). The summed E-state index contributed by atoms with van der Waals surface area (Å²) in [6.07, 6.45) is 10.5. The molecule has 0 aromatic heterocycles. The molecule has 2 N–H and O–H groups in total. The molecule has 0 bridgehead atoms. The predicted octanol–water partition coefficient (Wildman–Crippen LogP) is 6.31. The van der Waals surface area contributed by atoms with Gasteiger partial charge in [-0.1, -0.05) is 55.0 Å². The number of ether oxygens (including phenoxy) is 3. The summed E-state index contributed by atoms with van der Waals surface area (Å²) in [7, 11) is 0. The first-order valence-electron chi connectivity index (χ1n) is 15.6. The van der Waals surface area contributed by atoms with Crippen molar-refractivity contribution in [1.82, 2.24) is 0 Å². The standard InChI is InChI=1S/C35H52O7/c1-22(2)27-15-13-26(14-16-27)11-7-9-24(5)20-40-35-33(38)32(37)31(21-41-35)42-34(39)25(6)10-8-12-28-17-18-29(23(3)4)19-30(28)36/h10,13,17,24,27,29,31-33,35,37-38H,1,3,7-9,11-12,14-16,18-21H2,2,4-6H3/b25-10+/t24-,27+,29-,31+,32-,33+,35+/m1/s1. The van der Waals surface area contributed by atoms with Gasteiger partial charge in [0.05, 0.1) is 13.2 Å². The number of ketones is 1. The van der Waals surface area contributed by atoms with Crippen LogP contribution < -0.4 is 0 Å². The monoisotopic (exact) mass is 584 g/mol. The van der Waals surface area contributed by atoms with E-state index >= 15 is 0 Å². The lowest BCUT2D eigenvalue weighted by atomic mass is 9.83. The highest BCUT2D eigenvalue weighted by Gasteiger charge is 2.41. The van der Waals surface area contributed by atoms with Crippen LogP contribution in [-0.4, -0.2) is 59.8 Å². The number of Topliss-reactive ketones (excluding diaryl/α,β-unsaturated/α-hetero) is 1. The van der Waals surface area contributed by atoms with Crippen molar-refractivity contribution in [3.63, 3.8) is 0 Å². The minimum Gasteiger partial charge on any atom is -0.454 e. The normalized spacial score (nSPS) is 29.4. The van der Waals surface area contributed by atoms with Gasteiger partial charge < -0.3 is 24.4 Å². The Hall–Kier alpha value is -2.32. The molecule has 7 nitrogen and oxygen atoms in total. The van der Waals surface area contributed by atoms with Crippen LogP contribution in [-0.2, 0) is 23.8 Å². The van der Waals surface area contributed by atoms with Crippen LogP contribution in [0.2, 0.25) is 0 Å². The van der Waals surface area contributed by atoms with Gasteiger partial charge in [0.2, 0.25) is 0 Å². The molecule has 0 aromatic rings. The van der Waals surface area contributed by atoms with Crippen molar-refractivity contribution >= 4 is 11.8 Å². The van der Waals surface area contributed by atoms with Crippen LogP contribution >= 0.6 is 0 Å². The summed E-state index contributed by atoms with van der Waals surface area (Å²) in [5.74, 6) is 0.671. The van der Waals surface area contributed by atoms with Crippen molar-refractivity contribution in [1.29, 1.82) is 0 Å². The molecule has 1 fully saturated rings. The Morgan fingerprint density at radius 3 is 2.45 bits per heavy atom. The van der Waals surface area contributed by atoms with E-state index < -0.39 is 30.6 Å². The third kappa shape index (κ3) is 10.1. The number of aliphatic hydroxyl groups excluding tert-OH is 2. The lowest BCUT2D eigenvalue weighted by molar-refractivity contribution is -0.275. The Morgan fingerprint density at radius 2 is 1.81 bits per heavy atom. The number of aliphatic hydroxyl groups is 2. The lowest BCUT2D eigenvalue weighted by Crippen LogP contribution is -2.55. The van der Waals surface area contributed by atoms with Crippen molar-refractivity contribution in [2.24, 2.45) is 17.8 Å². The molecule has 0 unspecified atom stereocenters. The fraction of sp³-hybridized carbons (Fsp3) is 0.657. The number of carbonyl (C=O) groups is 2. The average Bonchev–Trinajstić information content (AvgIpc) is 2.96. The molecule has 42 heavy (non-hydrogen) atoms. The molecule has 0 saturated carbocycles. The van der Waals surface area contributed by atoms with Gasteiger partial charge in [0.15, 0.2) is 18.2 Å². The first-order valence-corrected chi connectivity index (χ1v) is 15.6. The molecule has 0 radical (unpaired) electrons. The molecular weight excluding hydrogens is 532 g/mol. The molecule has 0 amide bonds. The zero-order valence-electron chi connectivity index (χ0n) is 26.1. The highest BCUT2D eigenvalue weighted by atomic mass is 16.7. The van der Waals surface area contributed by atoms with Crippen LogP contribution in [0, 0.1) is 17.8 Å². The largest absolute Gasteiger partial charge is 0.454 e. The number of allylic oxidation sites excluding steroid dienone is 7. The number of hydrogen-bond acceptors (Lipinski definition) is 7. The minimum atomic E-state index is -1.33. The van der Waals surface area contributed by atoms with E-state index in [0.717, 1.165) is 49.7 Å². The van der Waals surface area contributed by atoms with Crippen molar-refractivity contribution in [3.8, 4) is 0 Å². The maximum atomic E-state index is 12.6. The summed E-state index contributed by atoms with van der Waals surface area (Å²) in [6.45, 7) is 16.2. The zero-order valence-corrected chi connectivity index (χ0v) is 26.1. The van der Waals surface area contributed by atoms with Crippen LogP contribution in [0.3, 0.4) is 0 Å². The number of esters is 1. The lowest BCUT2D eigenvalue weighted by Gasteiger charge is -2.37. The van der Waals surface area contributed by atoms with Gasteiger partial charge in [-0.25, -0.2) is 4.79 Å². The van der Waals surface area contributed by atoms with Crippen molar-refractivity contribution < 1.29 is 34.0 Å². The van der Waals surface area contributed by atoms with Gasteiger partial charge in [0.25, 0.3) is 0 Å². The Balaban J connectivity index is 1.35. The zero-order chi connectivity index (χ0) is 30.8. The summed E-state index contributed by atoms with van der Waals surface area (Å²) in [5.41, 5.74) is 5.02. The Morgan fingerprint density at radius 1 is 1.10 bits per heavy atom. The van der Waals surface area contributed by atoms with Crippen LogP contribution in [0.15, 0.2) is 59.3 Å². The fourth-order valence-corrected chi connectivity index (χ4v) is 5.81. The third-order valence-corrected chi connectivity index (χ3v) is 8.96. The van der Waals surface area contributed by atoms with E-state index in [4.69, 9.17) is 14.2 Å². The van der Waals surface area contributed by atoms with E-state index in [1.807, 2.05) is 13.0 Å². The maximum Gasteiger partial charge on any atom is 0.333 e. The van der Waals surface area contributed by atoms with Crippen LogP contribution in [0.5, 0.6) is 0 Å². The Bertz CT molecular complexity index is 1070. The number of carbonyl (C=O) groups excluding carboxylic acids is 2. The Labute approximate surface area is 252 Å². The van der Waals surface area contributed by atoms with Gasteiger partial charge in [-0.2, -0.15) is 0 Å². The molecule has 0 aromatic carbocycles. The number of rotatable bonds is 14. The second-order valence-electron chi connectivity index (χ2n) is 12.7. The van der Waals surface area contributed by atoms with Crippen LogP contribution in [0.4, 0.5) is 0 Å². The summed E-state index contributed by atoms with van der Waals surface area (Å²) in [4.78, 5) is 25.0. The van der Waals surface area contributed by atoms with Crippen molar-refractivity contribution in [2.75, 3.05) is 13.2 Å². The van der Waals surface area contributed by atoms with Crippen molar-refractivity contribution in [3.05, 3.63) is 59.3 Å². The Kier molecular flexibility index (Phi) is 13.4. The summed E-state index contributed by atoms with van der Waals surface area (Å²) in [5, 5.41) is 21.2. The van der Waals surface area contributed by atoms with E-state index in [-0.39, 0.29) is 24.2 Å². The topological polar surface area (TPSA) is 102 Å². The van der Waals surface area contributed by atoms with E-state index in [0.29, 0.717) is 37.4 Å². The molecular formula is C35H52O7. The van der Waals surface area contributed by atoms with Crippen LogP contribution in [0.1, 0.15) is 91.9 Å². The van der Waals surface area contributed by atoms with Gasteiger partial charge in [-0.3, -0.25) is 4.79 Å². The minimum absolute atomic E-state index is 0.0686. The third-order valence-electron chi connectivity index (χ3n) is 8.96. The van der Waals surface area contributed by atoms with Crippen molar-refractivity contribution in [2.45, 2.75) is 117 Å². The highest BCUT2D eigenvalue weighted by Crippen LogP contribution is 2.31. The second kappa shape index (κ2) is 16.5. The molecule has 1 saturated heterocycles. The smallest absolute Gasteiger partial charge is 0.333 e. The molecule has 234 valence electrons. The average molecular weight is 585 g/mol. The summed E-state index contributed by atoms with van der Waals surface area (Å²) >= 11 is 0. The fourth-order valence-electron chi connectivity index (χ4n) is 5.81. The molecule has 2 aliphatic carbocycles. The van der Waals surface area contributed by atoms with Gasteiger partial charge in [-0.05, 0) is 102 Å².